The summed E-state index contributed by atoms with van der Waals surface area (Å²) in [5.41, 5.74) is 1.61. The Morgan fingerprint density at radius 3 is 2.65 bits per heavy atom. The molecule has 0 radical (unpaired) electrons. The number of carbonyl (C=O) groups is 1. The molecule has 0 aromatic heterocycles. The number of methoxy groups -OCH3 is 1. The minimum absolute atomic E-state index is 0.148. The summed E-state index contributed by atoms with van der Waals surface area (Å²) in [6.45, 7) is 0.473. The maximum Gasteiger partial charge on any atom is 0.322 e. The topological polar surface area (TPSA) is 41.6 Å². The zero-order valence-electron chi connectivity index (χ0n) is 13.0. The number of nitrogens with zero attached hydrogens (tertiary/aromatic N) is 1. The van der Waals surface area contributed by atoms with Gasteiger partial charge in [0.1, 0.15) is 11.6 Å². The molecule has 1 aliphatic carbocycles. The average Bonchev–Trinajstić information content (AvgIpc) is 3.39. The van der Waals surface area contributed by atoms with Crippen molar-refractivity contribution >= 4 is 11.7 Å². The fraction of sp³-hybridized carbons (Fsp3) is 0.278. The van der Waals surface area contributed by atoms with Crippen LogP contribution in [0.3, 0.4) is 0 Å². The van der Waals surface area contributed by atoms with E-state index in [1.54, 1.807) is 30.2 Å². The third kappa shape index (κ3) is 4.00. The number of hydrogen-bond donors (Lipinski definition) is 1. The second-order valence-corrected chi connectivity index (χ2v) is 5.65. The van der Waals surface area contributed by atoms with Gasteiger partial charge >= 0.3 is 6.03 Å². The Kier molecular flexibility index (Phi) is 4.46. The minimum Gasteiger partial charge on any atom is -0.497 e. The molecule has 0 atom stereocenters. The van der Waals surface area contributed by atoms with Gasteiger partial charge in [-0.25, -0.2) is 9.18 Å². The van der Waals surface area contributed by atoms with Crippen molar-refractivity contribution in [3.63, 3.8) is 0 Å². The summed E-state index contributed by atoms with van der Waals surface area (Å²) in [6.07, 6.45) is 2.01. The van der Waals surface area contributed by atoms with Gasteiger partial charge in [-0.15, -0.1) is 0 Å². The third-order valence-electron chi connectivity index (χ3n) is 3.84. The standard InChI is InChI=1S/C18H19FN2O2/c1-23-17-4-2-3-15(11-17)20-18(22)21(16-9-10-16)12-13-5-7-14(19)8-6-13/h2-8,11,16H,9-10,12H2,1H3,(H,20,22). The van der Waals surface area contributed by atoms with E-state index in [1.807, 2.05) is 18.2 Å². The van der Waals surface area contributed by atoms with Gasteiger partial charge in [-0.2, -0.15) is 0 Å². The van der Waals surface area contributed by atoms with Gasteiger partial charge in [-0.1, -0.05) is 18.2 Å². The molecule has 1 saturated carbocycles. The Labute approximate surface area is 134 Å². The van der Waals surface area contributed by atoms with Crippen LogP contribution in [-0.2, 0) is 6.54 Å². The first-order chi connectivity index (χ1) is 11.2. The van der Waals surface area contributed by atoms with Gasteiger partial charge in [0.15, 0.2) is 0 Å². The lowest BCUT2D eigenvalue weighted by atomic mass is 10.2. The fourth-order valence-electron chi connectivity index (χ4n) is 2.44. The van der Waals surface area contributed by atoms with Crippen molar-refractivity contribution in [1.29, 1.82) is 0 Å². The lowest BCUT2D eigenvalue weighted by molar-refractivity contribution is 0.206. The summed E-state index contributed by atoms with van der Waals surface area (Å²) < 4.78 is 18.2. The smallest absolute Gasteiger partial charge is 0.322 e. The number of hydrogen-bond acceptors (Lipinski definition) is 2. The van der Waals surface area contributed by atoms with Crippen molar-refractivity contribution in [3.8, 4) is 5.75 Å². The fourth-order valence-corrected chi connectivity index (χ4v) is 2.44. The van der Waals surface area contributed by atoms with Gasteiger partial charge in [-0.05, 0) is 42.7 Å². The highest BCUT2D eigenvalue weighted by Gasteiger charge is 2.32. The van der Waals surface area contributed by atoms with Gasteiger partial charge in [0, 0.05) is 24.3 Å². The Balaban J connectivity index is 1.70. The molecule has 0 bridgehead atoms. The Hall–Kier alpha value is -2.56. The number of halogens is 1. The summed E-state index contributed by atoms with van der Waals surface area (Å²) >= 11 is 0. The quantitative estimate of drug-likeness (QED) is 0.905. The van der Waals surface area contributed by atoms with E-state index in [4.69, 9.17) is 4.74 Å². The van der Waals surface area contributed by atoms with E-state index in [0.717, 1.165) is 18.4 Å². The van der Waals surface area contributed by atoms with Gasteiger partial charge in [0.05, 0.1) is 7.11 Å². The summed E-state index contributed by atoms with van der Waals surface area (Å²) in [4.78, 5) is 14.4. The molecule has 5 heteroatoms. The monoisotopic (exact) mass is 314 g/mol. The molecule has 0 spiro atoms. The summed E-state index contributed by atoms with van der Waals surface area (Å²) in [5.74, 6) is 0.423. The molecular weight excluding hydrogens is 295 g/mol. The SMILES string of the molecule is COc1cccc(NC(=O)N(Cc2ccc(F)cc2)C2CC2)c1. The highest BCUT2D eigenvalue weighted by Crippen LogP contribution is 2.29. The van der Waals surface area contributed by atoms with Crippen molar-refractivity contribution in [2.45, 2.75) is 25.4 Å². The third-order valence-corrected chi connectivity index (χ3v) is 3.84. The minimum atomic E-state index is -0.271. The molecule has 0 heterocycles. The molecule has 1 fully saturated rings. The lowest BCUT2D eigenvalue weighted by Gasteiger charge is -2.23. The number of benzene rings is 2. The second kappa shape index (κ2) is 6.69. The molecule has 23 heavy (non-hydrogen) atoms. The van der Waals surface area contributed by atoms with Crippen LogP contribution >= 0.6 is 0 Å². The zero-order valence-corrected chi connectivity index (χ0v) is 13.0. The van der Waals surface area contributed by atoms with Crippen molar-refractivity contribution in [2.75, 3.05) is 12.4 Å². The van der Waals surface area contributed by atoms with Gasteiger partial charge in [0.25, 0.3) is 0 Å². The van der Waals surface area contributed by atoms with E-state index in [2.05, 4.69) is 5.32 Å². The molecule has 0 aliphatic heterocycles. The van der Waals surface area contributed by atoms with Crippen molar-refractivity contribution in [3.05, 3.63) is 59.9 Å². The number of amides is 2. The normalized spacial score (nSPS) is 13.5. The van der Waals surface area contributed by atoms with E-state index >= 15 is 0 Å². The molecule has 2 aromatic rings. The van der Waals surface area contributed by atoms with Crippen LogP contribution in [0.1, 0.15) is 18.4 Å². The number of anilines is 1. The van der Waals surface area contributed by atoms with Crippen LogP contribution in [0.5, 0.6) is 5.75 Å². The van der Waals surface area contributed by atoms with Crippen molar-refractivity contribution in [2.24, 2.45) is 0 Å². The molecule has 2 aromatic carbocycles. The zero-order chi connectivity index (χ0) is 16.2. The van der Waals surface area contributed by atoms with Gasteiger partial charge in [0.2, 0.25) is 0 Å². The van der Waals surface area contributed by atoms with Crippen LogP contribution in [0.2, 0.25) is 0 Å². The number of urea groups is 1. The predicted molar refractivity (Wildman–Crippen MR) is 87.0 cm³/mol. The molecule has 120 valence electrons. The first-order valence-corrected chi connectivity index (χ1v) is 7.62. The van der Waals surface area contributed by atoms with E-state index in [9.17, 15) is 9.18 Å². The number of nitrogens with one attached hydrogen (secondary N) is 1. The predicted octanol–water partition coefficient (Wildman–Crippen LogP) is 4.03. The van der Waals surface area contributed by atoms with Crippen LogP contribution in [0, 0.1) is 5.82 Å². The van der Waals surface area contributed by atoms with Crippen LogP contribution in [0.25, 0.3) is 0 Å². The lowest BCUT2D eigenvalue weighted by Crippen LogP contribution is -2.36. The molecular formula is C18H19FN2O2. The first-order valence-electron chi connectivity index (χ1n) is 7.62. The van der Waals surface area contributed by atoms with E-state index in [-0.39, 0.29) is 17.9 Å². The molecule has 3 rings (SSSR count). The van der Waals surface area contributed by atoms with Crippen LogP contribution in [-0.4, -0.2) is 24.1 Å². The first kappa shape index (κ1) is 15.3. The Morgan fingerprint density at radius 2 is 2.00 bits per heavy atom. The highest BCUT2D eigenvalue weighted by atomic mass is 19.1. The van der Waals surface area contributed by atoms with Gasteiger partial charge < -0.3 is 15.0 Å². The summed E-state index contributed by atoms with van der Waals surface area (Å²) in [7, 11) is 1.59. The second-order valence-electron chi connectivity index (χ2n) is 5.65. The maximum atomic E-state index is 13.0. The molecule has 2 amide bonds. The van der Waals surface area contributed by atoms with E-state index in [0.29, 0.717) is 18.0 Å². The van der Waals surface area contributed by atoms with Crippen LogP contribution in [0.15, 0.2) is 48.5 Å². The number of ether oxygens (including phenoxy) is 1. The average molecular weight is 314 g/mol. The Morgan fingerprint density at radius 1 is 1.26 bits per heavy atom. The van der Waals surface area contributed by atoms with E-state index in [1.165, 1.54) is 12.1 Å². The summed E-state index contributed by atoms with van der Waals surface area (Å²) in [5, 5.41) is 2.90. The van der Waals surface area contributed by atoms with Crippen molar-refractivity contribution in [1.82, 2.24) is 4.90 Å². The summed E-state index contributed by atoms with van der Waals surface area (Å²) in [6, 6.07) is 13.6. The molecule has 0 saturated heterocycles. The van der Waals surface area contributed by atoms with E-state index < -0.39 is 0 Å². The number of carbonyl (C=O) groups excluding carboxylic acids is 1. The molecule has 1 N–H and O–H groups in total. The molecule has 4 nitrogen and oxygen atoms in total. The number of rotatable bonds is 5. The van der Waals surface area contributed by atoms with Crippen LogP contribution < -0.4 is 10.1 Å². The largest absolute Gasteiger partial charge is 0.497 e. The molecule has 1 aliphatic rings. The van der Waals surface area contributed by atoms with Gasteiger partial charge in [-0.3, -0.25) is 0 Å². The highest BCUT2D eigenvalue weighted by molar-refractivity contribution is 5.90. The van der Waals surface area contributed by atoms with Crippen LogP contribution in [0.4, 0.5) is 14.9 Å². The van der Waals surface area contributed by atoms with Crippen molar-refractivity contribution < 1.29 is 13.9 Å². The molecule has 0 unspecified atom stereocenters. The maximum absolute atomic E-state index is 13.0. The Bertz CT molecular complexity index is 684.